The normalized spacial score (nSPS) is 14.5. The molecule has 108 valence electrons. The molecule has 0 aromatic heterocycles. The summed E-state index contributed by atoms with van der Waals surface area (Å²) in [5, 5.41) is 10.6. The van der Waals surface area contributed by atoms with Gasteiger partial charge >= 0.3 is 0 Å². The van der Waals surface area contributed by atoms with Gasteiger partial charge in [0, 0.05) is 7.11 Å². The molecule has 3 heteroatoms. The van der Waals surface area contributed by atoms with Crippen molar-refractivity contribution in [3.63, 3.8) is 0 Å². The highest BCUT2D eigenvalue weighted by Gasteiger charge is 2.27. The maximum atomic E-state index is 10.6. The molecule has 0 aliphatic heterocycles. The first-order valence-electron chi connectivity index (χ1n) is 6.53. The largest absolute Gasteiger partial charge is 0.507 e. The lowest BCUT2D eigenvalue weighted by molar-refractivity contribution is 0.169. The van der Waals surface area contributed by atoms with Crippen molar-refractivity contribution < 1.29 is 9.84 Å². The molecule has 1 rings (SSSR count). The van der Waals surface area contributed by atoms with E-state index in [1.807, 2.05) is 12.1 Å². The summed E-state index contributed by atoms with van der Waals surface area (Å²) in [5.74, 6) is 0.365. The van der Waals surface area contributed by atoms with E-state index >= 15 is 0 Å². The number of rotatable bonds is 2. The van der Waals surface area contributed by atoms with Gasteiger partial charge in [0.1, 0.15) is 5.75 Å². The van der Waals surface area contributed by atoms with Crippen LogP contribution in [-0.4, -0.2) is 12.2 Å². The van der Waals surface area contributed by atoms with Crippen molar-refractivity contribution in [1.29, 1.82) is 0 Å². The van der Waals surface area contributed by atoms with Crippen LogP contribution < -0.4 is 0 Å². The van der Waals surface area contributed by atoms with E-state index in [9.17, 15) is 5.11 Å². The summed E-state index contributed by atoms with van der Waals surface area (Å²) in [7, 11) is 1.58. The second kappa shape index (κ2) is 5.34. The first-order valence-corrected chi connectivity index (χ1v) is 6.97. The van der Waals surface area contributed by atoms with Gasteiger partial charge < -0.3 is 9.84 Å². The zero-order valence-corrected chi connectivity index (χ0v) is 13.7. The monoisotopic (exact) mass is 284 g/mol. The van der Waals surface area contributed by atoms with Crippen LogP contribution in [0.25, 0.3) is 0 Å². The standard InChI is InChI=1S/C16H25ClO2/c1-15(2,3)11-8-10(14(17)19-7)9-12(13(11)18)16(4,5)6/h8-9,14,18H,1-7H3. The second-order valence-corrected chi connectivity index (χ2v) is 7.41. The van der Waals surface area contributed by atoms with E-state index in [4.69, 9.17) is 16.3 Å². The third kappa shape index (κ3) is 3.64. The van der Waals surface area contributed by atoms with Crippen molar-refractivity contribution in [2.45, 2.75) is 57.9 Å². The number of halogens is 1. The fraction of sp³-hybridized carbons (Fsp3) is 0.625. The molecule has 1 aromatic carbocycles. The minimum Gasteiger partial charge on any atom is -0.507 e. The lowest BCUT2D eigenvalue weighted by Gasteiger charge is -2.28. The molecule has 1 N–H and O–H groups in total. The number of alkyl halides is 1. The average Bonchev–Trinajstić information content (AvgIpc) is 2.25. The molecule has 0 saturated heterocycles. The van der Waals surface area contributed by atoms with Crippen molar-refractivity contribution in [2.24, 2.45) is 0 Å². The van der Waals surface area contributed by atoms with Crippen molar-refractivity contribution in [1.82, 2.24) is 0 Å². The molecule has 0 saturated carbocycles. The van der Waals surface area contributed by atoms with E-state index in [0.29, 0.717) is 5.75 Å². The topological polar surface area (TPSA) is 29.5 Å². The Balaban J connectivity index is 3.57. The Labute approximate surface area is 121 Å². The van der Waals surface area contributed by atoms with Crippen LogP contribution in [0.5, 0.6) is 5.75 Å². The third-order valence-corrected chi connectivity index (χ3v) is 3.65. The minimum atomic E-state index is -0.497. The molecular weight excluding hydrogens is 260 g/mol. The summed E-state index contributed by atoms with van der Waals surface area (Å²) < 4.78 is 5.20. The quantitative estimate of drug-likeness (QED) is 0.785. The number of phenols is 1. The van der Waals surface area contributed by atoms with Crippen LogP contribution in [-0.2, 0) is 15.6 Å². The number of phenolic OH excluding ortho intramolecular Hbond substituents is 1. The maximum Gasteiger partial charge on any atom is 0.156 e. The number of hydrogen-bond acceptors (Lipinski definition) is 2. The van der Waals surface area contributed by atoms with Gasteiger partial charge in [0.05, 0.1) is 0 Å². The van der Waals surface area contributed by atoms with Crippen LogP contribution in [0.15, 0.2) is 12.1 Å². The Kier molecular flexibility index (Phi) is 4.58. The van der Waals surface area contributed by atoms with Gasteiger partial charge in [-0.2, -0.15) is 0 Å². The molecule has 0 amide bonds. The number of benzene rings is 1. The highest BCUT2D eigenvalue weighted by Crippen LogP contribution is 2.41. The van der Waals surface area contributed by atoms with Crippen LogP contribution >= 0.6 is 11.6 Å². The number of methoxy groups -OCH3 is 1. The zero-order valence-electron chi connectivity index (χ0n) is 13.0. The van der Waals surface area contributed by atoms with Gasteiger partial charge in [0.2, 0.25) is 0 Å². The Morgan fingerprint density at radius 1 is 1.00 bits per heavy atom. The van der Waals surface area contributed by atoms with Gasteiger partial charge in [-0.1, -0.05) is 53.1 Å². The molecule has 0 heterocycles. The molecular formula is C16H25ClO2. The second-order valence-electron chi connectivity index (χ2n) is 7.02. The van der Waals surface area contributed by atoms with Crippen LogP contribution in [0.3, 0.4) is 0 Å². The van der Waals surface area contributed by atoms with Gasteiger partial charge in [0.15, 0.2) is 5.56 Å². The highest BCUT2D eigenvalue weighted by molar-refractivity contribution is 6.19. The van der Waals surface area contributed by atoms with Crippen molar-refractivity contribution in [2.75, 3.05) is 7.11 Å². The number of hydrogen-bond donors (Lipinski definition) is 1. The Bertz CT molecular complexity index is 418. The van der Waals surface area contributed by atoms with Crippen molar-refractivity contribution >= 4 is 11.6 Å². The van der Waals surface area contributed by atoms with Crippen LogP contribution in [0.1, 0.15) is 63.8 Å². The van der Waals surface area contributed by atoms with Gasteiger partial charge in [0.25, 0.3) is 0 Å². The SMILES string of the molecule is COC(Cl)c1cc(C(C)(C)C)c(O)c(C(C)(C)C)c1. The fourth-order valence-corrected chi connectivity index (χ4v) is 2.19. The molecule has 0 radical (unpaired) electrons. The summed E-state index contributed by atoms with van der Waals surface area (Å²) in [6.07, 6.45) is 0. The summed E-state index contributed by atoms with van der Waals surface area (Å²) in [6.45, 7) is 12.5. The summed E-state index contributed by atoms with van der Waals surface area (Å²) >= 11 is 6.18. The summed E-state index contributed by atoms with van der Waals surface area (Å²) in [4.78, 5) is 0. The lowest BCUT2D eigenvalue weighted by atomic mass is 9.78. The predicted octanol–water partition coefficient (Wildman–Crippen LogP) is 4.87. The molecule has 19 heavy (non-hydrogen) atoms. The third-order valence-electron chi connectivity index (χ3n) is 3.22. The van der Waals surface area contributed by atoms with Gasteiger partial charge in [-0.3, -0.25) is 0 Å². The molecule has 0 fully saturated rings. The first kappa shape index (κ1) is 16.3. The number of aromatic hydroxyl groups is 1. The maximum absolute atomic E-state index is 10.6. The van der Waals surface area contributed by atoms with Gasteiger partial charge in [-0.05, 0) is 39.7 Å². The van der Waals surface area contributed by atoms with E-state index < -0.39 is 5.56 Å². The van der Waals surface area contributed by atoms with E-state index in [-0.39, 0.29) is 10.8 Å². The summed E-state index contributed by atoms with van der Waals surface area (Å²) in [6, 6.07) is 3.87. The van der Waals surface area contributed by atoms with Crippen molar-refractivity contribution in [3.8, 4) is 5.75 Å². The molecule has 2 nitrogen and oxygen atoms in total. The molecule has 1 aromatic rings. The molecule has 1 unspecified atom stereocenters. The zero-order chi connectivity index (χ0) is 15.0. The van der Waals surface area contributed by atoms with E-state index in [1.54, 1.807) is 7.11 Å². The molecule has 0 bridgehead atoms. The number of ether oxygens (including phenoxy) is 1. The van der Waals surface area contributed by atoms with Gasteiger partial charge in [-0.15, -0.1) is 0 Å². The predicted molar refractivity (Wildman–Crippen MR) is 81.1 cm³/mol. The minimum absolute atomic E-state index is 0.148. The summed E-state index contributed by atoms with van der Waals surface area (Å²) in [5.41, 5.74) is 1.89. The lowest BCUT2D eigenvalue weighted by Crippen LogP contribution is -2.18. The van der Waals surface area contributed by atoms with E-state index in [0.717, 1.165) is 16.7 Å². The van der Waals surface area contributed by atoms with Crippen LogP contribution in [0, 0.1) is 0 Å². The molecule has 0 aliphatic rings. The fourth-order valence-electron chi connectivity index (χ4n) is 2.07. The van der Waals surface area contributed by atoms with E-state index in [1.165, 1.54) is 0 Å². The highest BCUT2D eigenvalue weighted by atomic mass is 35.5. The molecule has 0 aliphatic carbocycles. The van der Waals surface area contributed by atoms with Crippen LogP contribution in [0.2, 0.25) is 0 Å². The first-order chi connectivity index (χ1) is 8.48. The Morgan fingerprint density at radius 3 is 1.63 bits per heavy atom. The van der Waals surface area contributed by atoms with Crippen molar-refractivity contribution in [3.05, 3.63) is 28.8 Å². The molecule has 1 atom stereocenters. The Hall–Kier alpha value is -0.730. The smallest absolute Gasteiger partial charge is 0.156 e. The molecule has 0 spiro atoms. The average molecular weight is 285 g/mol. The van der Waals surface area contributed by atoms with Crippen LogP contribution in [0.4, 0.5) is 0 Å². The van der Waals surface area contributed by atoms with E-state index in [2.05, 4.69) is 41.5 Å². The Morgan fingerprint density at radius 2 is 1.37 bits per heavy atom. The van der Waals surface area contributed by atoms with Gasteiger partial charge in [-0.25, -0.2) is 0 Å².